The molecule has 4 N–H and O–H groups in total. The van der Waals surface area contributed by atoms with E-state index in [2.05, 4.69) is 20.9 Å². The summed E-state index contributed by atoms with van der Waals surface area (Å²) in [6.07, 6.45) is 5.95. The lowest BCUT2D eigenvalue weighted by Gasteiger charge is -2.31. The quantitative estimate of drug-likeness (QED) is 0.386. The molecule has 11 heteroatoms. The Morgan fingerprint density at radius 2 is 2.06 bits per heavy atom. The fourth-order valence-electron chi connectivity index (χ4n) is 5.94. The summed E-state index contributed by atoms with van der Waals surface area (Å²) in [4.78, 5) is 36.2. The van der Waals surface area contributed by atoms with Crippen LogP contribution < -0.4 is 16.0 Å². The largest absolute Gasteiger partial charge is 0.465 e. The number of carbonyl (C=O) groups excluding carboxylic acids is 1. The molecule has 0 aromatic carbocycles. The molecule has 190 valence electrons. The Morgan fingerprint density at radius 3 is 2.81 bits per heavy atom. The molecule has 2 aliphatic heterocycles. The Labute approximate surface area is 217 Å². The van der Waals surface area contributed by atoms with Crippen LogP contribution in [0.5, 0.6) is 0 Å². The number of anilines is 1. The number of pyridine rings is 1. The van der Waals surface area contributed by atoms with Gasteiger partial charge in [-0.1, -0.05) is 0 Å². The van der Waals surface area contributed by atoms with Crippen molar-refractivity contribution in [3.63, 3.8) is 0 Å². The summed E-state index contributed by atoms with van der Waals surface area (Å²) >= 11 is 3.05. The number of amides is 2. The van der Waals surface area contributed by atoms with Gasteiger partial charge in [0.05, 0.1) is 17.4 Å². The summed E-state index contributed by atoms with van der Waals surface area (Å²) in [6.45, 7) is 5.15. The number of fused-ring (bicyclic) bond motifs is 3. The number of carboxylic acid groups (broad SMARTS) is 1. The van der Waals surface area contributed by atoms with Gasteiger partial charge >= 0.3 is 6.09 Å². The minimum atomic E-state index is -0.919. The summed E-state index contributed by atoms with van der Waals surface area (Å²) < 4.78 is 1.04. The van der Waals surface area contributed by atoms with Crippen LogP contribution in [0.4, 0.5) is 9.80 Å². The lowest BCUT2D eigenvalue weighted by Crippen LogP contribution is -2.41. The molecule has 36 heavy (non-hydrogen) atoms. The summed E-state index contributed by atoms with van der Waals surface area (Å²) in [6, 6.07) is 2.30. The number of rotatable bonds is 6. The van der Waals surface area contributed by atoms with Gasteiger partial charge in [-0.15, -0.1) is 22.7 Å². The van der Waals surface area contributed by atoms with Crippen molar-refractivity contribution in [2.24, 2.45) is 11.8 Å². The SMILES string of the molecule is CC1Cc2c(sc(NC(=O)CCNC3C[C@H]4CNC[C@H]4C3)c2-c2nc3cnccc3s2)CN1C(=O)O. The van der Waals surface area contributed by atoms with Crippen LogP contribution in [0, 0.1) is 11.8 Å². The van der Waals surface area contributed by atoms with Gasteiger partial charge in [-0.2, -0.15) is 0 Å². The third kappa shape index (κ3) is 4.49. The third-order valence-electron chi connectivity index (χ3n) is 7.78. The molecule has 2 fully saturated rings. The first-order valence-corrected chi connectivity index (χ1v) is 14.2. The fourth-order valence-corrected chi connectivity index (χ4v) is 8.26. The van der Waals surface area contributed by atoms with Crippen LogP contribution in [0.1, 0.15) is 36.6 Å². The first kappa shape index (κ1) is 23.8. The smallest absolute Gasteiger partial charge is 0.407 e. The molecule has 1 saturated carbocycles. The molecule has 4 atom stereocenters. The highest BCUT2D eigenvalue weighted by atomic mass is 32.1. The second-order valence-electron chi connectivity index (χ2n) is 10.1. The number of thiazole rings is 1. The number of nitrogens with zero attached hydrogens (tertiary/aromatic N) is 3. The number of hydrogen-bond donors (Lipinski definition) is 4. The van der Waals surface area contributed by atoms with Crippen LogP contribution >= 0.6 is 22.7 Å². The van der Waals surface area contributed by atoms with Gasteiger partial charge < -0.3 is 26.0 Å². The zero-order chi connectivity index (χ0) is 24.8. The van der Waals surface area contributed by atoms with E-state index in [1.165, 1.54) is 29.1 Å². The van der Waals surface area contributed by atoms with E-state index < -0.39 is 6.09 Å². The van der Waals surface area contributed by atoms with E-state index in [1.54, 1.807) is 23.7 Å². The standard InChI is InChI=1S/C25H30N6O3S2/c1-13-6-17-20(12-31(13)25(33)34)36-24(22(17)23-29-18-11-26-4-2-19(18)35-23)30-21(32)3-5-28-16-7-14-9-27-10-15(14)8-16/h2,4,11,13-16,27-28H,3,5-10,12H2,1H3,(H,30,32)(H,33,34)/t13?,14-,15+,16?. The molecule has 3 aromatic heterocycles. The van der Waals surface area contributed by atoms with E-state index in [0.29, 0.717) is 32.0 Å². The maximum Gasteiger partial charge on any atom is 0.407 e. The van der Waals surface area contributed by atoms with E-state index in [4.69, 9.17) is 4.98 Å². The molecular formula is C25H30N6O3S2. The summed E-state index contributed by atoms with van der Waals surface area (Å²) in [5, 5.41) is 21.5. The average molecular weight is 527 g/mol. The molecule has 0 bridgehead atoms. The van der Waals surface area contributed by atoms with Crippen LogP contribution in [0.3, 0.4) is 0 Å². The van der Waals surface area contributed by atoms with Crippen molar-refractivity contribution in [3.8, 4) is 10.6 Å². The van der Waals surface area contributed by atoms with Crippen LogP contribution in [-0.4, -0.2) is 63.7 Å². The molecule has 9 nitrogen and oxygen atoms in total. The van der Waals surface area contributed by atoms with Crippen LogP contribution in [0.15, 0.2) is 18.5 Å². The molecule has 0 spiro atoms. The number of hydrogen-bond acceptors (Lipinski definition) is 8. The highest BCUT2D eigenvalue weighted by molar-refractivity contribution is 7.22. The van der Waals surface area contributed by atoms with Crippen molar-refractivity contribution in [2.45, 2.75) is 51.2 Å². The zero-order valence-electron chi connectivity index (χ0n) is 20.1. The van der Waals surface area contributed by atoms with E-state index in [1.807, 2.05) is 13.0 Å². The van der Waals surface area contributed by atoms with Gasteiger partial charge in [0.2, 0.25) is 5.91 Å². The highest BCUT2D eigenvalue weighted by Gasteiger charge is 2.37. The Morgan fingerprint density at radius 1 is 1.25 bits per heavy atom. The predicted molar refractivity (Wildman–Crippen MR) is 142 cm³/mol. The van der Waals surface area contributed by atoms with Crippen molar-refractivity contribution in [2.75, 3.05) is 25.0 Å². The molecule has 1 saturated heterocycles. The van der Waals surface area contributed by atoms with Gasteiger partial charge in [0.1, 0.15) is 15.5 Å². The molecule has 5 heterocycles. The second-order valence-corrected chi connectivity index (χ2v) is 12.3. The first-order chi connectivity index (χ1) is 17.5. The molecule has 2 unspecified atom stereocenters. The van der Waals surface area contributed by atoms with E-state index >= 15 is 0 Å². The van der Waals surface area contributed by atoms with Crippen LogP contribution in [0.2, 0.25) is 0 Å². The maximum atomic E-state index is 13.0. The average Bonchev–Trinajstić information content (AvgIpc) is 3.59. The normalized spacial score (nSPS) is 25.2. The minimum Gasteiger partial charge on any atom is -0.465 e. The minimum absolute atomic E-state index is 0.0341. The predicted octanol–water partition coefficient (Wildman–Crippen LogP) is 3.76. The number of thiophene rings is 1. The molecule has 0 radical (unpaired) electrons. The van der Waals surface area contributed by atoms with Crippen LogP contribution in [0.25, 0.3) is 20.8 Å². The zero-order valence-corrected chi connectivity index (χ0v) is 21.8. The van der Waals surface area contributed by atoms with Gasteiger partial charge in [-0.3, -0.25) is 9.78 Å². The Kier molecular flexibility index (Phi) is 6.40. The number of nitrogens with one attached hydrogen (secondary N) is 3. The fraction of sp³-hybridized carbons (Fsp3) is 0.520. The number of aromatic nitrogens is 2. The summed E-state index contributed by atoms with van der Waals surface area (Å²) in [5.41, 5.74) is 2.86. The van der Waals surface area contributed by atoms with E-state index in [9.17, 15) is 14.7 Å². The molecule has 2 amide bonds. The van der Waals surface area contributed by atoms with E-state index in [0.717, 1.165) is 61.2 Å². The molecule has 6 rings (SSSR count). The molecule has 3 aliphatic rings. The lowest BCUT2D eigenvalue weighted by molar-refractivity contribution is -0.116. The Balaban J connectivity index is 1.21. The van der Waals surface area contributed by atoms with Crippen molar-refractivity contribution < 1.29 is 14.7 Å². The van der Waals surface area contributed by atoms with Crippen LogP contribution in [-0.2, 0) is 17.8 Å². The summed E-state index contributed by atoms with van der Waals surface area (Å²) in [7, 11) is 0. The molecule has 3 aromatic rings. The van der Waals surface area contributed by atoms with Gasteiger partial charge in [-0.25, -0.2) is 9.78 Å². The van der Waals surface area contributed by atoms with Gasteiger partial charge in [0.15, 0.2) is 0 Å². The number of carbonyl (C=O) groups is 2. The van der Waals surface area contributed by atoms with Crippen molar-refractivity contribution in [1.29, 1.82) is 0 Å². The van der Waals surface area contributed by atoms with Crippen molar-refractivity contribution in [3.05, 3.63) is 28.9 Å². The maximum absolute atomic E-state index is 13.0. The monoisotopic (exact) mass is 526 g/mol. The van der Waals surface area contributed by atoms with Crippen molar-refractivity contribution in [1.82, 2.24) is 25.5 Å². The topological polar surface area (TPSA) is 119 Å². The van der Waals surface area contributed by atoms with Gasteiger partial charge in [-0.05, 0) is 62.7 Å². The Hall–Kier alpha value is -2.60. The first-order valence-electron chi connectivity index (χ1n) is 12.5. The summed E-state index contributed by atoms with van der Waals surface area (Å²) in [5.74, 6) is 1.51. The van der Waals surface area contributed by atoms with Gasteiger partial charge in [0.25, 0.3) is 0 Å². The highest BCUT2D eigenvalue weighted by Crippen LogP contribution is 2.46. The van der Waals surface area contributed by atoms with Crippen molar-refractivity contribution >= 4 is 49.9 Å². The lowest BCUT2D eigenvalue weighted by atomic mass is 9.98. The van der Waals surface area contributed by atoms with E-state index in [-0.39, 0.29) is 11.9 Å². The van der Waals surface area contributed by atoms with Gasteiger partial charge in [0, 0.05) is 41.7 Å². The second kappa shape index (κ2) is 9.70. The molecular weight excluding hydrogens is 496 g/mol. The Bertz CT molecular complexity index is 1260. The molecule has 1 aliphatic carbocycles. The third-order valence-corrected chi connectivity index (χ3v) is 9.96.